The van der Waals surface area contributed by atoms with E-state index in [1.165, 1.54) is 11.3 Å². The Labute approximate surface area is 151 Å². The molecular formula is C16H13BrN2O3S2. The second kappa shape index (κ2) is 6.02. The number of nitrogens with one attached hydrogen (secondary N) is 1. The molecule has 4 rings (SSSR count). The van der Waals surface area contributed by atoms with Gasteiger partial charge in [0.05, 0.1) is 9.77 Å². The van der Waals surface area contributed by atoms with Crippen molar-refractivity contribution in [3.63, 3.8) is 0 Å². The fourth-order valence-electron chi connectivity index (χ4n) is 2.22. The van der Waals surface area contributed by atoms with E-state index in [0.29, 0.717) is 5.89 Å². The highest BCUT2D eigenvalue weighted by Crippen LogP contribution is 2.36. The van der Waals surface area contributed by atoms with Gasteiger partial charge in [-0.2, -0.15) is 4.98 Å². The van der Waals surface area contributed by atoms with Gasteiger partial charge in [-0.3, -0.25) is 0 Å². The Morgan fingerprint density at radius 2 is 1.96 bits per heavy atom. The van der Waals surface area contributed by atoms with Crippen molar-refractivity contribution in [3.05, 3.63) is 46.3 Å². The number of hydrogen-bond donors (Lipinski definition) is 1. The fraction of sp³-hybridized carbons (Fsp3) is 0.188. The average molecular weight is 425 g/mol. The number of benzene rings is 1. The number of thiophene rings is 1. The zero-order chi connectivity index (χ0) is 16.7. The largest absolute Gasteiger partial charge is 0.418 e. The van der Waals surface area contributed by atoms with Crippen molar-refractivity contribution in [2.24, 2.45) is 0 Å². The molecule has 5 nitrogen and oxygen atoms in total. The molecule has 124 valence electrons. The van der Waals surface area contributed by atoms with Crippen LogP contribution < -0.4 is 5.32 Å². The second-order valence-electron chi connectivity index (χ2n) is 5.51. The molecule has 1 aliphatic carbocycles. The van der Waals surface area contributed by atoms with Crippen LogP contribution in [0, 0.1) is 0 Å². The maximum atomic E-state index is 13.0. The Morgan fingerprint density at radius 1 is 1.21 bits per heavy atom. The molecule has 0 bridgehead atoms. The number of aromatic nitrogens is 1. The van der Waals surface area contributed by atoms with E-state index in [1.807, 2.05) is 17.5 Å². The highest BCUT2D eigenvalue weighted by Gasteiger charge is 2.32. The summed E-state index contributed by atoms with van der Waals surface area (Å²) in [6.07, 6.45) is 2.01. The lowest BCUT2D eigenvalue weighted by Crippen LogP contribution is -2.08. The first kappa shape index (κ1) is 15.9. The van der Waals surface area contributed by atoms with Gasteiger partial charge in [0, 0.05) is 10.5 Å². The maximum absolute atomic E-state index is 13.0. The molecular weight excluding hydrogens is 412 g/mol. The third-order valence-corrected chi connectivity index (χ3v) is 6.68. The highest BCUT2D eigenvalue weighted by molar-refractivity contribution is 9.10. The van der Waals surface area contributed by atoms with Crippen LogP contribution in [0.2, 0.25) is 0 Å². The quantitative estimate of drug-likeness (QED) is 0.648. The minimum atomic E-state index is -3.76. The summed E-state index contributed by atoms with van der Waals surface area (Å²) in [7, 11) is -3.76. The van der Waals surface area contributed by atoms with Crippen LogP contribution in [0.15, 0.2) is 60.6 Å². The zero-order valence-electron chi connectivity index (χ0n) is 12.4. The van der Waals surface area contributed by atoms with Crippen molar-refractivity contribution in [1.82, 2.24) is 4.98 Å². The van der Waals surface area contributed by atoms with E-state index < -0.39 is 9.84 Å². The molecule has 0 radical (unpaired) electrons. The number of hydrogen-bond acceptors (Lipinski definition) is 6. The molecule has 1 aliphatic rings. The smallest absolute Gasteiger partial charge is 0.240 e. The van der Waals surface area contributed by atoms with Crippen LogP contribution in [0.5, 0.6) is 0 Å². The zero-order valence-corrected chi connectivity index (χ0v) is 15.6. The molecule has 24 heavy (non-hydrogen) atoms. The molecule has 0 spiro atoms. The normalized spacial score (nSPS) is 14.7. The molecule has 0 amide bonds. The van der Waals surface area contributed by atoms with Crippen LogP contribution in [0.3, 0.4) is 0 Å². The molecule has 1 saturated carbocycles. The van der Waals surface area contributed by atoms with Crippen LogP contribution in [0.1, 0.15) is 12.8 Å². The van der Waals surface area contributed by atoms with E-state index in [2.05, 4.69) is 26.2 Å². The Bertz CT molecular complexity index is 959. The summed E-state index contributed by atoms with van der Waals surface area (Å²) >= 11 is 4.77. The SMILES string of the molecule is O=S(=O)(c1ccc(Br)cc1)c1nc(-c2cccs2)oc1NC1CC1. The van der Waals surface area contributed by atoms with Gasteiger partial charge in [0.1, 0.15) is 0 Å². The molecule has 1 fully saturated rings. The molecule has 2 heterocycles. The highest BCUT2D eigenvalue weighted by atomic mass is 79.9. The van der Waals surface area contributed by atoms with E-state index in [9.17, 15) is 8.42 Å². The molecule has 0 aliphatic heterocycles. The first-order valence-corrected chi connectivity index (χ1v) is 10.5. The summed E-state index contributed by atoms with van der Waals surface area (Å²) in [4.78, 5) is 5.27. The predicted octanol–water partition coefficient (Wildman–Crippen LogP) is 4.57. The van der Waals surface area contributed by atoms with E-state index in [0.717, 1.165) is 22.2 Å². The number of anilines is 1. The van der Waals surface area contributed by atoms with Gasteiger partial charge in [-0.05, 0) is 48.6 Å². The topological polar surface area (TPSA) is 72.2 Å². The summed E-state index contributed by atoms with van der Waals surface area (Å²) in [5.74, 6) is 0.549. The van der Waals surface area contributed by atoms with E-state index in [-0.39, 0.29) is 21.8 Å². The van der Waals surface area contributed by atoms with Crippen molar-refractivity contribution in [2.75, 3.05) is 5.32 Å². The summed E-state index contributed by atoms with van der Waals surface area (Å²) in [5, 5.41) is 4.98. The Hall–Kier alpha value is -1.64. The van der Waals surface area contributed by atoms with E-state index in [4.69, 9.17) is 4.42 Å². The number of halogens is 1. The minimum Gasteiger partial charge on any atom is -0.418 e. The van der Waals surface area contributed by atoms with Gasteiger partial charge in [-0.25, -0.2) is 8.42 Å². The van der Waals surface area contributed by atoms with Gasteiger partial charge in [-0.1, -0.05) is 22.0 Å². The van der Waals surface area contributed by atoms with Gasteiger partial charge in [0.25, 0.3) is 0 Å². The summed E-state index contributed by atoms with van der Waals surface area (Å²) in [6.45, 7) is 0. The van der Waals surface area contributed by atoms with Crippen LogP contribution in [-0.2, 0) is 9.84 Å². The number of rotatable bonds is 5. The minimum absolute atomic E-state index is 0.0554. The number of sulfone groups is 1. The van der Waals surface area contributed by atoms with Gasteiger partial charge in [0.15, 0.2) is 0 Å². The molecule has 0 atom stereocenters. The van der Waals surface area contributed by atoms with Crippen LogP contribution in [0.25, 0.3) is 10.8 Å². The molecule has 0 saturated heterocycles. The third kappa shape index (κ3) is 3.01. The first-order valence-electron chi connectivity index (χ1n) is 7.36. The first-order chi connectivity index (χ1) is 11.5. The van der Waals surface area contributed by atoms with Crippen LogP contribution >= 0.6 is 27.3 Å². The molecule has 3 aromatic rings. The molecule has 8 heteroatoms. The standard InChI is InChI=1S/C16H13BrN2O3S2/c17-10-3-7-12(8-4-10)24(20,21)16-15(18-11-5-6-11)22-14(19-16)13-2-1-9-23-13/h1-4,7-9,11,18H,5-6H2. The monoisotopic (exact) mass is 424 g/mol. The van der Waals surface area contributed by atoms with Crippen molar-refractivity contribution in [2.45, 2.75) is 28.8 Å². The van der Waals surface area contributed by atoms with Gasteiger partial charge >= 0.3 is 0 Å². The number of oxazole rings is 1. The van der Waals surface area contributed by atoms with Crippen LogP contribution in [0.4, 0.5) is 5.88 Å². The summed E-state index contributed by atoms with van der Waals surface area (Å²) in [5.41, 5.74) is 0. The Balaban J connectivity index is 1.81. The van der Waals surface area contributed by atoms with Gasteiger partial charge in [0.2, 0.25) is 26.6 Å². The molecule has 1 N–H and O–H groups in total. The lowest BCUT2D eigenvalue weighted by Gasteiger charge is -2.04. The lowest BCUT2D eigenvalue weighted by atomic mass is 10.4. The number of nitrogens with zero attached hydrogens (tertiary/aromatic N) is 1. The molecule has 2 aromatic heterocycles. The van der Waals surface area contributed by atoms with E-state index >= 15 is 0 Å². The van der Waals surface area contributed by atoms with Crippen molar-refractivity contribution >= 4 is 43.0 Å². The van der Waals surface area contributed by atoms with Crippen molar-refractivity contribution in [3.8, 4) is 10.8 Å². The van der Waals surface area contributed by atoms with Gasteiger partial charge in [-0.15, -0.1) is 11.3 Å². The Morgan fingerprint density at radius 3 is 2.58 bits per heavy atom. The maximum Gasteiger partial charge on any atom is 0.240 e. The van der Waals surface area contributed by atoms with E-state index in [1.54, 1.807) is 24.3 Å². The van der Waals surface area contributed by atoms with Crippen molar-refractivity contribution in [1.29, 1.82) is 0 Å². The lowest BCUT2D eigenvalue weighted by molar-refractivity contribution is 0.577. The Kier molecular flexibility index (Phi) is 3.98. The predicted molar refractivity (Wildman–Crippen MR) is 96.1 cm³/mol. The average Bonchev–Trinajstić information content (AvgIpc) is 3.04. The summed E-state index contributed by atoms with van der Waals surface area (Å²) in [6, 6.07) is 10.5. The van der Waals surface area contributed by atoms with Crippen molar-refractivity contribution < 1.29 is 12.8 Å². The molecule has 1 aromatic carbocycles. The summed E-state index contributed by atoms with van der Waals surface area (Å²) < 4.78 is 32.5. The van der Waals surface area contributed by atoms with Gasteiger partial charge < -0.3 is 9.73 Å². The second-order valence-corrected chi connectivity index (χ2v) is 9.23. The van der Waals surface area contributed by atoms with Crippen LogP contribution in [-0.4, -0.2) is 19.4 Å². The molecule has 0 unspecified atom stereocenters. The third-order valence-electron chi connectivity index (χ3n) is 3.62. The fourth-order valence-corrected chi connectivity index (χ4v) is 4.40.